The first kappa shape index (κ1) is 16.7. The molecule has 1 fully saturated rings. The molecule has 0 radical (unpaired) electrons. The third-order valence-corrected chi connectivity index (χ3v) is 5.82. The molecule has 0 saturated carbocycles. The largest absolute Gasteiger partial charge is 0.433 e. The average Bonchev–Trinajstić information content (AvgIpc) is 3.42. The Morgan fingerprint density at radius 1 is 1.19 bits per heavy atom. The van der Waals surface area contributed by atoms with Gasteiger partial charge in [-0.25, -0.2) is 0 Å². The van der Waals surface area contributed by atoms with Crippen LogP contribution < -0.4 is 4.90 Å². The monoisotopic (exact) mass is 391 g/mol. The first-order chi connectivity index (χ1) is 12.6. The molecule has 3 aromatic heterocycles. The van der Waals surface area contributed by atoms with Gasteiger partial charge in [0.1, 0.15) is 4.92 Å². The number of nitro groups is 1. The number of aromatic nitrogens is 2. The molecule has 1 aliphatic heterocycles. The zero-order valence-electron chi connectivity index (χ0n) is 13.4. The topological polar surface area (TPSA) is 106 Å². The van der Waals surface area contributed by atoms with Crippen LogP contribution in [0.1, 0.15) is 9.67 Å². The highest BCUT2D eigenvalue weighted by Gasteiger charge is 2.25. The lowest BCUT2D eigenvalue weighted by Crippen LogP contribution is -2.48. The van der Waals surface area contributed by atoms with Gasteiger partial charge in [0.25, 0.3) is 5.91 Å². The van der Waals surface area contributed by atoms with E-state index in [2.05, 4.69) is 15.1 Å². The zero-order chi connectivity index (χ0) is 18.1. The molecule has 1 aliphatic rings. The van der Waals surface area contributed by atoms with E-state index in [9.17, 15) is 14.9 Å². The lowest BCUT2D eigenvalue weighted by atomic mass is 10.3. The van der Waals surface area contributed by atoms with Crippen LogP contribution in [0.4, 0.5) is 11.0 Å². The number of hydrogen-bond donors (Lipinski definition) is 0. The molecule has 0 bridgehead atoms. The van der Waals surface area contributed by atoms with Crippen LogP contribution in [0.25, 0.3) is 10.8 Å². The van der Waals surface area contributed by atoms with E-state index in [1.165, 1.54) is 34.8 Å². The van der Waals surface area contributed by atoms with Crippen LogP contribution in [0.15, 0.2) is 34.1 Å². The van der Waals surface area contributed by atoms with Gasteiger partial charge in [0, 0.05) is 26.2 Å². The van der Waals surface area contributed by atoms with Gasteiger partial charge in [0.05, 0.1) is 10.9 Å². The molecule has 1 amide bonds. The number of furan rings is 1. The fourth-order valence-corrected chi connectivity index (χ4v) is 4.19. The molecular weight excluding hydrogens is 378 g/mol. The predicted octanol–water partition coefficient (Wildman–Crippen LogP) is 2.73. The van der Waals surface area contributed by atoms with Gasteiger partial charge >= 0.3 is 5.88 Å². The highest BCUT2D eigenvalue weighted by atomic mass is 32.1. The summed E-state index contributed by atoms with van der Waals surface area (Å²) in [6.07, 6.45) is 0. The van der Waals surface area contributed by atoms with Crippen molar-refractivity contribution in [2.75, 3.05) is 31.1 Å². The number of piperazine rings is 1. The van der Waals surface area contributed by atoms with Crippen LogP contribution in [0.3, 0.4) is 0 Å². The van der Waals surface area contributed by atoms with Gasteiger partial charge in [-0.05, 0) is 17.5 Å². The van der Waals surface area contributed by atoms with Gasteiger partial charge in [0.15, 0.2) is 10.8 Å². The molecule has 0 N–H and O–H groups in total. The molecule has 0 aliphatic carbocycles. The number of carbonyl (C=O) groups is 1. The Labute approximate surface area is 155 Å². The summed E-state index contributed by atoms with van der Waals surface area (Å²) in [5.41, 5.74) is 0. The van der Waals surface area contributed by atoms with Crippen molar-refractivity contribution in [2.24, 2.45) is 0 Å². The Hall–Kier alpha value is -2.79. The van der Waals surface area contributed by atoms with Gasteiger partial charge in [-0.1, -0.05) is 17.4 Å². The van der Waals surface area contributed by atoms with Crippen LogP contribution >= 0.6 is 22.7 Å². The highest BCUT2D eigenvalue weighted by molar-refractivity contribution is 7.18. The van der Waals surface area contributed by atoms with Crippen molar-refractivity contribution in [3.8, 4) is 10.8 Å². The number of anilines is 1. The number of nitrogens with zero attached hydrogens (tertiary/aromatic N) is 5. The second-order valence-corrected chi connectivity index (χ2v) is 7.44. The van der Waals surface area contributed by atoms with E-state index < -0.39 is 4.92 Å². The molecule has 4 heterocycles. The van der Waals surface area contributed by atoms with E-state index in [0.717, 1.165) is 4.88 Å². The normalized spacial score (nSPS) is 14.6. The molecule has 11 heteroatoms. The predicted molar refractivity (Wildman–Crippen MR) is 96.7 cm³/mol. The first-order valence-corrected chi connectivity index (χ1v) is 9.47. The van der Waals surface area contributed by atoms with E-state index >= 15 is 0 Å². The summed E-state index contributed by atoms with van der Waals surface area (Å²) in [4.78, 5) is 27.1. The van der Waals surface area contributed by atoms with Crippen LogP contribution in [0, 0.1) is 10.1 Å². The van der Waals surface area contributed by atoms with Crippen molar-refractivity contribution in [3.05, 3.63) is 44.6 Å². The Balaban J connectivity index is 1.41. The molecule has 0 atom stereocenters. The standard InChI is InChI=1S/C15H13N5O4S2/c21-14(11-2-1-9-25-11)18-5-7-19(8-6-18)15-17-16-13(26-15)10-3-4-12(24-10)20(22)23/h1-4,9H,5-8H2. The van der Waals surface area contributed by atoms with Crippen molar-refractivity contribution < 1.29 is 14.1 Å². The Morgan fingerprint density at radius 2 is 2.00 bits per heavy atom. The number of rotatable bonds is 4. The van der Waals surface area contributed by atoms with Crippen LogP contribution in [0.2, 0.25) is 0 Å². The third kappa shape index (κ3) is 3.18. The number of thiophene rings is 1. The van der Waals surface area contributed by atoms with Gasteiger partial charge in [-0.2, -0.15) is 0 Å². The Bertz CT molecular complexity index is 928. The van der Waals surface area contributed by atoms with Crippen LogP contribution in [-0.2, 0) is 0 Å². The number of carbonyl (C=O) groups excluding carboxylic acids is 1. The zero-order valence-corrected chi connectivity index (χ0v) is 15.0. The summed E-state index contributed by atoms with van der Waals surface area (Å²) in [5.74, 6) is 0.0601. The number of hydrogen-bond acceptors (Lipinski definition) is 9. The summed E-state index contributed by atoms with van der Waals surface area (Å²) >= 11 is 2.75. The molecule has 4 rings (SSSR count). The van der Waals surface area contributed by atoms with E-state index in [-0.39, 0.29) is 11.8 Å². The molecule has 9 nitrogen and oxygen atoms in total. The number of amides is 1. The molecular formula is C15H13N5O4S2. The van der Waals surface area contributed by atoms with E-state index in [1.807, 2.05) is 22.4 Å². The van der Waals surface area contributed by atoms with E-state index in [0.29, 0.717) is 42.1 Å². The maximum absolute atomic E-state index is 12.4. The second-order valence-electron chi connectivity index (χ2n) is 5.54. The smallest absolute Gasteiger partial charge is 0.398 e. The summed E-state index contributed by atoms with van der Waals surface area (Å²) in [6.45, 7) is 2.53. The molecule has 0 unspecified atom stereocenters. The van der Waals surface area contributed by atoms with E-state index in [4.69, 9.17) is 4.42 Å². The maximum atomic E-state index is 12.4. The lowest BCUT2D eigenvalue weighted by Gasteiger charge is -2.34. The maximum Gasteiger partial charge on any atom is 0.433 e. The van der Waals surface area contributed by atoms with Crippen molar-refractivity contribution in [3.63, 3.8) is 0 Å². The SMILES string of the molecule is O=C(c1cccs1)N1CCN(c2nnc(-c3ccc([N+](=O)[O-])o3)s2)CC1. The third-order valence-electron chi connectivity index (χ3n) is 3.97. The van der Waals surface area contributed by atoms with Crippen molar-refractivity contribution in [1.29, 1.82) is 0 Å². The molecule has 1 saturated heterocycles. The van der Waals surface area contributed by atoms with Gasteiger partial charge in [-0.3, -0.25) is 14.9 Å². The molecule has 26 heavy (non-hydrogen) atoms. The summed E-state index contributed by atoms with van der Waals surface area (Å²) in [5, 5.41) is 22.0. The fourth-order valence-electron chi connectivity index (χ4n) is 2.64. The quantitative estimate of drug-likeness (QED) is 0.497. The van der Waals surface area contributed by atoms with Crippen molar-refractivity contribution in [2.45, 2.75) is 0 Å². The average molecular weight is 391 g/mol. The minimum Gasteiger partial charge on any atom is -0.398 e. The van der Waals surface area contributed by atoms with Gasteiger partial charge in [0.2, 0.25) is 5.13 Å². The molecule has 0 spiro atoms. The summed E-state index contributed by atoms with van der Waals surface area (Å²) < 4.78 is 5.16. The van der Waals surface area contributed by atoms with Crippen molar-refractivity contribution in [1.82, 2.24) is 15.1 Å². The van der Waals surface area contributed by atoms with Crippen LogP contribution in [-0.4, -0.2) is 52.1 Å². The second kappa shape index (κ2) is 6.84. The van der Waals surface area contributed by atoms with Gasteiger partial charge < -0.3 is 14.2 Å². The first-order valence-electron chi connectivity index (χ1n) is 7.77. The minimum atomic E-state index is -0.588. The van der Waals surface area contributed by atoms with Crippen LogP contribution in [0.5, 0.6) is 0 Å². The molecule has 134 valence electrons. The molecule has 0 aromatic carbocycles. The van der Waals surface area contributed by atoms with Crippen molar-refractivity contribution >= 4 is 39.6 Å². The lowest BCUT2D eigenvalue weighted by molar-refractivity contribution is -0.401. The Morgan fingerprint density at radius 3 is 2.65 bits per heavy atom. The summed E-state index contributed by atoms with van der Waals surface area (Å²) in [6, 6.07) is 6.51. The minimum absolute atomic E-state index is 0.0560. The Kier molecular flexibility index (Phi) is 4.39. The molecule has 3 aromatic rings. The summed E-state index contributed by atoms with van der Waals surface area (Å²) in [7, 11) is 0. The van der Waals surface area contributed by atoms with Gasteiger partial charge in [-0.15, -0.1) is 21.5 Å². The fraction of sp³-hybridized carbons (Fsp3) is 0.267. The highest BCUT2D eigenvalue weighted by Crippen LogP contribution is 2.32. The van der Waals surface area contributed by atoms with E-state index in [1.54, 1.807) is 0 Å².